The zero-order valence-electron chi connectivity index (χ0n) is 15.9. The number of imidazole rings is 1. The minimum atomic E-state index is -0.0429. The standard InChI is InChI=1S/C23H23N3O/c1-15(2)21-22-25-19(13-17-11-9-16(3)10-12-17)23(27)26(22)14-20(24-21)18-7-5-4-6-8-18/h4-12,14-15,24H,13H2,1-3H3. The van der Waals surface area contributed by atoms with Crippen molar-refractivity contribution in [2.24, 2.45) is 0 Å². The third kappa shape index (κ3) is 3.31. The van der Waals surface area contributed by atoms with Crippen molar-refractivity contribution < 1.29 is 0 Å². The molecule has 0 amide bonds. The van der Waals surface area contributed by atoms with Crippen molar-refractivity contribution in [3.8, 4) is 17.1 Å². The van der Waals surface area contributed by atoms with E-state index in [4.69, 9.17) is 4.98 Å². The Labute approximate surface area is 158 Å². The predicted molar refractivity (Wildman–Crippen MR) is 109 cm³/mol. The van der Waals surface area contributed by atoms with Gasteiger partial charge in [-0.15, -0.1) is 0 Å². The second-order valence-electron chi connectivity index (χ2n) is 7.32. The number of nitrogens with one attached hydrogen (secondary N) is 1. The van der Waals surface area contributed by atoms with E-state index in [9.17, 15) is 4.79 Å². The molecule has 0 spiro atoms. The lowest BCUT2D eigenvalue weighted by molar-refractivity contribution is 0.785. The molecule has 2 aliphatic rings. The minimum Gasteiger partial charge on any atom is -0.354 e. The number of hydrogen-bond donors (Lipinski definition) is 1. The Bertz CT molecular complexity index is 1090. The Morgan fingerprint density at radius 1 is 1.04 bits per heavy atom. The normalized spacial score (nSPS) is 11.4. The number of aryl methyl sites for hydroxylation is 1. The van der Waals surface area contributed by atoms with Gasteiger partial charge in [-0.3, -0.25) is 9.36 Å². The van der Waals surface area contributed by atoms with Crippen LogP contribution in [0.25, 0.3) is 17.1 Å². The van der Waals surface area contributed by atoms with Gasteiger partial charge in [-0.05, 0) is 24.0 Å². The van der Waals surface area contributed by atoms with E-state index in [1.165, 1.54) is 5.56 Å². The number of hydrogen-bond acceptors (Lipinski definition) is 2. The molecular formula is C23H23N3O. The van der Waals surface area contributed by atoms with Gasteiger partial charge in [-0.1, -0.05) is 74.0 Å². The number of aromatic amines is 1. The van der Waals surface area contributed by atoms with Crippen molar-refractivity contribution in [1.29, 1.82) is 0 Å². The third-order valence-corrected chi connectivity index (χ3v) is 4.86. The minimum absolute atomic E-state index is 0.0429. The highest BCUT2D eigenvalue weighted by Gasteiger charge is 2.21. The van der Waals surface area contributed by atoms with Gasteiger partial charge in [0, 0.05) is 12.6 Å². The molecule has 27 heavy (non-hydrogen) atoms. The number of benzene rings is 2. The Kier molecular flexibility index (Phi) is 4.40. The molecule has 2 aliphatic heterocycles. The second kappa shape index (κ2) is 6.88. The van der Waals surface area contributed by atoms with E-state index in [-0.39, 0.29) is 11.5 Å². The molecule has 0 bridgehead atoms. The average molecular weight is 357 g/mol. The molecule has 136 valence electrons. The van der Waals surface area contributed by atoms with Gasteiger partial charge in [-0.2, -0.15) is 0 Å². The molecule has 0 aliphatic carbocycles. The summed E-state index contributed by atoms with van der Waals surface area (Å²) < 4.78 is 1.69. The quantitative estimate of drug-likeness (QED) is 0.576. The maximum absolute atomic E-state index is 13.0. The van der Waals surface area contributed by atoms with Crippen LogP contribution in [0.1, 0.15) is 42.3 Å². The molecule has 0 aromatic heterocycles. The molecule has 2 aromatic rings. The maximum atomic E-state index is 13.0. The fraction of sp³-hybridized carbons (Fsp3) is 0.217. The molecule has 2 aromatic carbocycles. The number of rotatable bonds is 4. The molecule has 0 unspecified atom stereocenters. The summed E-state index contributed by atoms with van der Waals surface area (Å²) in [5.74, 6) is 0.946. The molecular weight excluding hydrogens is 334 g/mol. The molecule has 2 heterocycles. The molecule has 0 radical (unpaired) electrons. The van der Waals surface area contributed by atoms with Crippen LogP contribution in [-0.4, -0.2) is 14.5 Å². The fourth-order valence-corrected chi connectivity index (χ4v) is 3.32. The van der Waals surface area contributed by atoms with Crippen molar-refractivity contribution in [3.05, 3.63) is 93.7 Å². The van der Waals surface area contributed by atoms with Crippen molar-refractivity contribution in [2.75, 3.05) is 0 Å². The van der Waals surface area contributed by atoms with Gasteiger partial charge in [0.15, 0.2) is 5.82 Å². The van der Waals surface area contributed by atoms with Gasteiger partial charge < -0.3 is 4.98 Å². The van der Waals surface area contributed by atoms with Crippen LogP contribution >= 0.6 is 0 Å². The number of nitrogens with zero attached hydrogens (tertiary/aromatic N) is 2. The van der Waals surface area contributed by atoms with E-state index >= 15 is 0 Å². The molecule has 0 fully saturated rings. The van der Waals surface area contributed by atoms with E-state index in [2.05, 4.69) is 50.0 Å². The summed E-state index contributed by atoms with van der Waals surface area (Å²) in [6.45, 7) is 6.28. The summed E-state index contributed by atoms with van der Waals surface area (Å²) in [5, 5.41) is 0. The van der Waals surface area contributed by atoms with Gasteiger partial charge in [0.05, 0.1) is 11.4 Å². The lowest BCUT2D eigenvalue weighted by atomic mass is 10.1. The van der Waals surface area contributed by atoms with E-state index in [0.29, 0.717) is 12.1 Å². The molecule has 4 heteroatoms. The maximum Gasteiger partial charge on any atom is 0.278 e. The van der Waals surface area contributed by atoms with Gasteiger partial charge >= 0.3 is 0 Å². The summed E-state index contributed by atoms with van der Waals surface area (Å²) in [7, 11) is 0. The van der Waals surface area contributed by atoms with Crippen molar-refractivity contribution >= 4 is 0 Å². The van der Waals surface area contributed by atoms with E-state index in [1.807, 2.05) is 36.5 Å². The lowest BCUT2D eigenvalue weighted by Gasteiger charge is -2.15. The fourth-order valence-electron chi connectivity index (χ4n) is 3.32. The van der Waals surface area contributed by atoms with Gasteiger partial charge in [0.1, 0.15) is 5.69 Å². The number of aromatic nitrogens is 3. The van der Waals surface area contributed by atoms with Crippen LogP contribution in [0.5, 0.6) is 0 Å². The van der Waals surface area contributed by atoms with Gasteiger partial charge in [-0.25, -0.2) is 4.98 Å². The Balaban J connectivity index is 1.85. The molecule has 1 N–H and O–H groups in total. The Morgan fingerprint density at radius 2 is 1.74 bits per heavy atom. The monoisotopic (exact) mass is 357 g/mol. The van der Waals surface area contributed by atoms with Crippen LogP contribution in [-0.2, 0) is 6.42 Å². The first-order chi connectivity index (χ1) is 13.0. The van der Waals surface area contributed by atoms with E-state index in [1.54, 1.807) is 4.57 Å². The van der Waals surface area contributed by atoms with Gasteiger partial charge in [0.25, 0.3) is 5.56 Å². The number of fused-ring (bicyclic) bond motifs is 1. The van der Waals surface area contributed by atoms with E-state index < -0.39 is 0 Å². The highest BCUT2D eigenvalue weighted by molar-refractivity contribution is 5.60. The SMILES string of the molecule is Cc1ccc(Cc2nc3c(C(C)C)[nH]c(-c4ccccc4)cn-3c2=O)cc1. The first-order valence-electron chi connectivity index (χ1n) is 9.28. The summed E-state index contributed by atoms with van der Waals surface area (Å²) in [5.41, 5.74) is 5.79. The first-order valence-corrected chi connectivity index (χ1v) is 9.28. The van der Waals surface area contributed by atoms with Crippen molar-refractivity contribution in [1.82, 2.24) is 14.5 Å². The van der Waals surface area contributed by atoms with Crippen LogP contribution in [0.15, 0.2) is 65.6 Å². The summed E-state index contributed by atoms with van der Waals surface area (Å²) in [6.07, 6.45) is 2.41. The Hall–Kier alpha value is -3.14. The number of H-pyrrole nitrogens is 1. The molecule has 0 saturated carbocycles. The van der Waals surface area contributed by atoms with E-state index in [0.717, 1.165) is 28.3 Å². The second-order valence-corrected chi connectivity index (χ2v) is 7.32. The summed E-state index contributed by atoms with van der Waals surface area (Å²) >= 11 is 0. The molecule has 0 atom stereocenters. The van der Waals surface area contributed by atoms with Crippen molar-refractivity contribution in [2.45, 2.75) is 33.1 Å². The van der Waals surface area contributed by atoms with Crippen LogP contribution in [0.3, 0.4) is 0 Å². The van der Waals surface area contributed by atoms with Gasteiger partial charge in [0.2, 0.25) is 0 Å². The topological polar surface area (TPSA) is 50.7 Å². The zero-order chi connectivity index (χ0) is 19.0. The lowest BCUT2D eigenvalue weighted by Crippen LogP contribution is -2.18. The van der Waals surface area contributed by atoms with Crippen molar-refractivity contribution in [3.63, 3.8) is 0 Å². The van der Waals surface area contributed by atoms with Crippen LogP contribution in [0, 0.1) is 6.92 Å². The largest absolute Gasteiger partial charge is 0.354 e. The van der Waals surface area contributed by atoms with Crippen LogP contribution < -0.4 is 5.56 Å². The summed E-state index contributed by atoms with van der Waals surface area (Å²) in [6, 6.07) is 18.3. The smallest absolute Gasteiger partial charge is 0.278 e. The Morgan fingerprint density at radius 3 is 2.41 bits per heavy atom. The van der Waals surface area contributed by atoms with Crippen LogP contribution in [0.2, 0.25) is 0 Å². The highest BCUT2D eigenvalue weighted by atomic mass is 16.1. The van der Waals surface area contributed by atoms with Crippen LogP contribution in [0.4, 0.5) is 0 Å². The molecule has 4 rings (SSSR count). The molecule has 0 saturated heterocycles. The predicted octanol–water partition coefficient (Wildman–Crippen LogP) is 4.69. The third-order valence-electron chi connectivity index (χ3n) is 4.86. The first kappa shape index (κ1) is 17.3. The average Bonchev–Trinajstić information content (AvgIpc) is 2.99. The zero-order valence-corrected chi connectivity index (χ0v) is 15.9. The molecule has 4 nitrogen and oxygen atoms in total. The summed E-state index contributed by atoms with van der Waals surface area (Å²) in [4.78, 5) is 21.2. The highest BCUT2D eigenvalue weighted by Crippen LogP contribution is 2.26.